The smallest absolute Gasteiger partial charge is 0.214 e. The largest absolute Gasteiger partial charge is 0.481 e. The summed E-state index contributed by atoms with van der Waals surface area (Å²) in [6.07, 6.45) is 0. The van der Waals surface area contributed by atoms with Gasteiger partial charge < -0.3 is 10.5 Å². The third-order valence-corrected chi connectivity index (χ3v) is 1.22. The first-order valence-electron chi connectivity index (χ1n) is 2.98. The molecule has 0 saturated carbocycles. The second-order valence-electron chi connectivity index (χ2n) is 1.90. The quantitative estimate of drug-likeness (QED) is 0.632. The maximum atomic E-state index is 8.49. The summed E-state index contributed by atoms with van der Waals surface area (Å²) < 4.78 is 4.79. The van der Waals surface area contributed by atoms with Gasteiger partial charge in [0.2, 0.25) is 5.88 Å². The van der Waals surface area contributed by atoms with Crippen LogP contribution < -0.4 is 10.5 Å². The van der Waals surface area contributed by atoms with Crippen molar-refractivity contribution >= 4 is 5.69 Å². The van der Waals surface area contributed by atoms with Crippen LogP contribution in [0.2, 0.25) is 0 Å². The molecule has 1 rings (SSSR count). The van der Waals surface area contributed by atoms with E-state index in [-0.39, 0.29) is 5.69 Å². The van der Waals surface area contributed by atoms with Crippen molar-refractivity contribution in [3.05, 3.63) is 17.8 Å². The van der Waals surface area contributed by atoms with E-state index in [1.54, 1.807) is 12.1 Å². The Kier molecular flexibility index (Phi) is 1.93. The zero-order valence-electron chi connectivity index (χ0n) is 6.03. The highest BCUT2D eigenvalue weighted by atomic mass is 16.5. The molecule has 1 aromatic heterocycles. The molecule has 56 valence electrons. The number of anilines is 1. The molecule has 0 aliphatic carbocycles. The molecule has 0 saturated heterocycles. The van der Waals surface area contributed by atoms with E-state index in [1.165, 1.54) is 7.11 Å². The molecule has 0 fully saturated rings. The van der Waals surface area contributed by atoms with E-state index in [2.05, 4.69) is 4.98 Å². The van der Waals surface area contributed by atoms with Gasteiger partial charge in [0.05, 0.1) is 12.8 Å². The van der Waals surface area contributed by atoms with Gasteiger partial charge in [0, 0.05) is 6.07 Å². The van der Waals surface area contributed by atoms with Gasteiger partial charge in [-0.15, -0.1) is 0 Å². The summed E-state index contributed by atoms with van der Waals surface area (Å²) >= 11 is 0. The molecule has 4 nitrogen and oxygen atoms in total. The third kappa shape index (κ3) is 1.38. The minimum Gasteiger partial charge on any atom is -0.481 e. The van der Waals surface area contributed by atoms with Gasteiger partial charge in [-0.05, 0) is 6.07 Å². The van der Waals surface area contributed by atoms with Crippen molar-refractivity contribution in [2.45, 2.75) is 0 Å². The Morgan fingerprint density at radius 2 is 2.36 bits per heavy atom. The van der Waals surface area contributed by atoms with Gasteiger partial charge in [-0.3, -0.25) is 0 Å². The van der Waals surface area contributed by atoms with Crippen molar-refractivity contribution in [2.75, 3.05) is 12.8 Å². The number of hydrogen-bond donors (Lipinski definition) is 1. The van der Waals surface area contributed by atoms with Crippen molar-refractivity contribution in [1.29, 1.82) is 5.26 Å². The lowest BCUT2D eigenvalue weighted by Gasteiger charge is -1.99. The van der Waals surface area contributed by atoms with Gasteiger partial charge in [0.15, 0.2) is 5.69 Å². The molecule has 0 bridgehead atoms. The molecule has 0 unspecified atom stereocenters. The monoisotopic (exact) mass is 149 g/mol. The molecule has 0 aromatic carbocycles. The van der Waals surface area contributed by atoms with E-state index in [4.69, 9.17) is 15.7 Å². The Bertz CT molecular complexity index is 303. The number of nitriles is 1. The summed E-state index contributed by atoms with van der Waals surface area (Å²) in [7, 11) is 1.49. The lowest BCUT2D eigenvalue weighted by molar-refractivity contribution is 0.397. The molecule has 0 aliphatic rings. The second-order valence-corrected chi connectivity index (χ2v) is 1.90. The van der Waals surface area contributed by atoms with Crippen molar-refractivity contribution in [3.63, 3.8) is 0 Å². The van der Waals surface area contributed by atoms with Crippen LogP contribution in [0.1, 0.15) is 5.69 Å². The number of nitrogens with two attached hydrogens (primary N) is 1. The minimum atomic E-state index is 0.198. The minimum absolute atomic E-state index is 0.198. The number of ether oxygens (including phenoxy) is 1. The normalized spacial score (nSPS) is 8.73. The third-order valence-electron chi connectivity index (χ3n) is 1.22. The summed E-state index contributed by atoms with van der Waals surface area (Å²) in [5, 5.41) is 8.49. The van der Waals surface area contributed by atoms with Crippen molar-refractivity contribution in [3.8, 4) is 11.9 Å². The van der Waals surface area contributed by atoms with Crippen LogP contribution in [-0.4, -0.2) is 12.1 Å². The van der Waals surface area contributed by atoms with E-state index >= 15 is 0 Å². The molecule has 11 heavy (non-hydrogen) atoms. The average molecular weight is 149 g/mol. The summed E-state index contributed by atoms with van der Waals surface area (Å²) in [5.74, 6) is 0.399. The van der Waals surface area contributed by atoms with E-state index in [0.717, 1.165) is 0 Å². The molecule has 0 atom stereocenters. The maximum absolute atomic E-state index is 8.49. The molecular weight excluding hydrogens is 142 g/mol. The van der Waals surface area contributed by atoms with Gasteiger partial charge in [-0.1, -0.05) is 0 Å². The Morgan fingerprint density at radius 1 is 1.64 bits per heavy atom. The van der Waals surface area contributed by atoms with Crippen molar-refractivity contribution < 1.29 is 4.74 Å². The van der Waals surface area contributed by atoms with Crippen LogP contribution in [0.15, 0.2) is 12.1 Å². The van der Waals surface area contributed by atoms with Crippen LogP contribution in [0.5, 0.6) is 5.88 Å². The first kappa shape index (κ1) is 7.35. The number of nitrogen functional groups attached to an aromatic ring is 1. The number of pyridine rings is 1. The van der Waals surface area contributed by atoms with Crippen LogP contribution in [0, 0.1) is 11.3 Å². The van der Waals surface area contributed by atoms with E-state index in [0.29, 0.717) is 11.6 Å². The fourth-order valence-electron chi connectivity index (χ4n) is 0.655. The van der Waals surface area contributed by atoms with Crippen molar-refractivity contribution in [2.24, 2.45) is 0 Å². The fraction of sp³-hybridized carbons (Fsp3) is 0.143. The fourth-order valence-corrected chi connectivity index (χ4v) is 0.655. The highest BCUT2D eigenvalue weighted by Crippen LogP contribution is 2.12. The molecule has 2 N–H and O–H groups in total. The predicted octanol–water partition coefficient (Wildman–Crippen LogP) is 0.544. The molecule has 1 aromatic rings. The van der Waals surface area contributed by atoms with Gasteiger partial charge >= 0.3 is 0 Å². The van der Waals surface area contributed by atoms with Crippen LogP contribution in [0.25, 0.3) is 0 Å². The Morgan fingerprint density at radius 3 is 2.91 bits per heavy atom. The molecule has 0 amide bonds. The highest BCUT2D eigenvalue weighted by molar-refractivity contribution is 5.50. The first-order chi connectivity index (χ1) is 5.27. The summed E-state index contributed by atoms with van der Waals surface area (Å²) in [6.45, 7) is 0. The number of rotatable bonds is 1. The van der Waals surface area contributed by atoms with E-state index in [9.17, 15) is 0 Å². The zero-order valence-corrected chi connectivity index (χ0v) is 6.03. The molecule has 1 heterocycles. The standard InChI is InChI=1S/C7H7N3O/c1-11-7-3-2-5(9)6(4-8)10-7/h2-3H,9H2,1H3. The second kappa shape index (κ2) is 2.88. The Balaban J connectivity index is 3.15. The summed E-state index contributed by atoms with van der Waals surface area (Å²) in [5.41, 5.74) is 5.98. The van der Waals surface area contributed by atoms with Crippen LogP contribution in [0.4, 0.5) is 5.69 Å². The number of aromatic nitrogens is 1. The van der Waals surface area contributed by atoms with Gasteiger partial charge in [0.25, 0.3) is 0 Å². The highest BCUT2D eigenvalue weighted by Gasteiger charge is 2.00. The molecule has 0 spiro atoms. The number of hydrogen-bond acceptors (Lipinski definition) is 4. The summed E-state index contributed by atoms with van der Waals surface area (Å²) in [6, 6.07) is 5.05. The predicted molar refractivity (Wildman–Crippen MR) is 39.9 cm³/mol. The molecular formula is C7H7N3O. The van der Waals surface area contributed by atoms with Gasteiger partial charge in [-0.2, -0.15) is 5.26 Å². The van der Waals surface area contributed by atoms with Gasteiger partial charge in [0.1, 0.15) is 6.07 Å². The Hall–Kier alpha value is -1.76. The lowest BCUT2D eigenvalue weighted by Crippen LogP contribution is -1.95. The SMILES string of the molecule is COc1ccc(N)c(C#N)n1. The average Bonchev–Trinajstić information content (AvgIpc) is 2.05. The lowest BCUT2D eigenvalue weighted by atomic mass is 10.3. The van der Waals surface area contributed by atoms with Crippen LogP contribution >= 0.6 is 0 Å². The molecule has 0 aliphatic heterocycles. The molecule has 0 radical (unpaired) electrons. The number of methoxy groups -OCH3 is 1. The van der Waals surface area contributed by atoms with E-state index in [1.807, 2.05) is 6.07 Å². The zero-order chi connectivity index (χ0) is 8.27. The maximum Gasteiger partial charge on any atom is 0.214 e. The number of nitrogens with zero attached hydrogens (tertiary/aromatic N) is 2. The first-order valence-corrected chi connectivity index (χ1v) is 2.98. The molecule has 4 heteroatoms. The van der Waals surface area contributed by atoms with Crippen LogP contribution in [-0.2, 0) is 0 Å². The van der Waals surface area contributed by atoms with E-state index < -0.39 is 0 Å². The Labute approximate surface area is 64.2 Å². The summed E-state index contributed by atoms with van der Waals surface area (Å²) in [4.78, 5) is 3.80. The van der Waals surface area contributed by atoms with Crippen LogP contribution in [0.3, 0.4) is 0 Å². The topological polar surface area (TPSA) is 71.9 Å². The van der Waals surface area contributed by atoms with Gasteiger partial charge in [-0.25, -0.2) is 4.98 Å². The van der Waals surface area contributed by atoms with Crippen molar-refractivity contribution in [1.82, 2.24) is 4.98 Å².